The summed E-state index contributed by atoms with van der Waals surface area (Å²) in [5.74, 6) is 0.195. The monoisotopic (exact) mass is 432 g/mol. The van der Waals surface area contributed by atoms with Crippen molar-refractivity contribution in [3.8, 4) is 0 Å². The molecule has 0 fully saturated rings. The Kier molecular flexibility index (Phi) is 6.21. The molecule has 1 aromatic heterocycles. The molecule has 3 aromatic rings. The molecule has 0 unspecified atom stereocenters. The minimum absolute atomic E-state index is 0.0741. The van der Waals surface area contributed by atoms with E-state index in [0.717, 1.165) is 35.3 Å². The minimum Gasteiger partial charge on any atom is -0.373 e. The Morgan fingerprint density at radius 3 is 2.69 bits per heavy atom. The second-order valence-electron chi connectivity index (χ2n) is 8.85. The van der Waals surface area contributed by atoms with Crippen molar-refractivity contribution in [3.05, 3.63) is 65.4 Å². The van der Waals surface area contributed by atoms with Gasteiger partial charge in [0.05, 0.1) is 13.0 Å². The molecule has 1 N–H and O–H groups in total. The van der Waals surface area contributed by atoms with E-state index >= 15 is 0 Å². The van der Waals surface area contributed by atoms with Crippen LogP contribution in [-0.2, 0) is 36.1 Å². The number of benzene rings is 2. The molecule has 2 amide bonds. The molecule has 4 rings (SSSR count). The van der Waals surface area contributed by atoms with Gasteiger partial charge in [-0.2, -0.15) is 0 Å². The van der Waals surface area contributed by atoms with Crippen LogP contribution in [0.25, 0.3) is 10.9 Å². The van der Waals surface area contributed by atoms with E-state index in [1.807, 2.05) is 45.4 Å². The van der Waals surface area contributed by atoms with Crippen molar-refractivity contribution in [2.75, 3.05) is 19.4 Å². The van der Waals surface area contributed by atoms with Crippen LogP contribution in [0, 0.1) is 0 Å². The fourth-order valence-corrected chi connectivity index (χ4v) is 4.50. The first-order chi connectivity index (χ1) is 15.4. The summed E-state index contributed by atoms with van der Waals surface area (Å²) in [5.41, 5.74) is 5.29. The SMILES string of the molecule is CCC[C@H]1Nc2ccc(CC(=O)N(C)Cc3cc4ccccc4n3C)cc2CN(C)C1=O. The molecule has 0 saturated carbocycles. The van der Waals surface area contributed by atoms with Gasteiger partial charge in [0.2, 0.25) is 11.8 Å². The molecule has 0 radical (unpaired) electrons. The summed E-state index contributed by atoms with van der Waals surface area (Å²) < 4.78 is 2.15. The molecule has 2 aromatic carbocycles. The van der Waals surface area contributed by atoms with E-state index in [9.17, 15) is 9.59 Å². The lowest BCUT2D eigenvalue weighted by Gasteiger charge is -2.19. The maximum absolute atomic E-state index is 13.0. The van der Waals surface area contributed by atoms with Gasteiger partial charge >= 0.3 is 0 Å². The second-order valence-corrected chi connectivity index (χ2v) is 8.85. The van der Waals surface area contributed by atoms with Gasteiger partial charge in [0.15, 0.2) is 0 Å². The molecule has 1 atom stereocenters. The van der Waals surface area contributed by atoms with E-state index < -0.39 is 0 Å². The number of hydrogen-bond acceptors (Lipinski definition) is 3. The number of aromatic nitrogens is 1. The topological polar surface area (TPSA) is 57.6 Å². The van der Waals surface area contributed by atoms with Crippen LogP contribution >= 0.6 is 0 Å². The van der Waals surface area contributed by atoms with Crippen LogP contribution in [0.5, 0.6) is 0 Å². The molecule has 0 saturated heterocycles. The predicted molar refractivity (Wildman–Crippen MR) is 128 cm³/mol. The number of rotatable bonds is 6. The predicted octanol–water partition coefficient (Wildman–Crippen LogP) is 3.93. The highest BCUT2D eigenvalue weighted by Crippen LogP contribution is 2.26. The standard InChI is InChI=1S/C26H32N4O2/c1-5-8-23-26(32)29(3)16-20-13-18(11-12-22(20)27-23)14-25(31)28(2)17-21-15-19-9-6-7-10-24(19)30(21)4/h6-7,9-13,15,23,27H,5,8,14,16-17H2,1-4H3/t23-/m1/s1. The molecular weight excluding hydrogens is 400 g/mol. The summed E-state index contributed by atoms with van der Waals surface area (Å²) in [6, 6.07) is 16.3. The molecule has 1 aliphatic heterocycles. The highest BCUT2D eigenvalue weighted by Gasteiger charge is 2.26. The van der Waals surface area contributed by atoms with Crippen LogP contribution in [0.4, 0.5) is 5.69 Å². The quantitative estimate of drug-likeness (QED) is 0.642. The van der Waals surface area contributed by atoms with Crippen LogP contribution in [0.1, 0.15) is 36.6 Å². The van der Waals surface area contributed by atoms with Crippen molar-refractivity contribution >= 4 is 28.4 Å². The van der Waals surface area contributed by atoms with Crippen molar-refractivity contribution in [3.63, 3.8) is 0 Å². The van der Waals surface area contributed by atoms with E-state index in [0.29, 0.717) is 19.5 Å². The average Bonchev–Trinajstić information content (AvgIpc) is 3.03. The first-order valence-corrected chi connectivity index (χ1v) is 11.3. The Labute approximate surface area is 189 Å². The molecule has 0 aliphatic carbocycles. The van der Waals surface area contributed by atoms with E-state index in [4.69, 9.17) is 0 Å². The number of nitrogens with one attached hydrogen (secondary N) is 1. The normalized spacial score (nSPS) is 15.9. The minimum atomic E-state index is -0.189. The third-order valence-corrected chi connectivity index (χ3v) is 6.39. The molecule has 32 heavy (non-hydrogen) atoms. The maximum Gasteiger partial charge on any atom is 0.245 e. The Morgan fingerprint density at radius 2 is 1.94 bits per heavy atom. The Morgan fingerprint density at radius 1 is 1.16 bits per heavy atom. The number of anilines is 1. The van der Waals surface area contributed by atoms with Gasteiger partial charge in [-0.3, -0.25) is 9.59 Å². The number of fused-ring (bicyclic) bond motifs is 2. The smallest absolute Gasteiger partial charge is 0.245 e. The lowest BCUT2D eigenvalue weighted by atomic mass is 10.0. The Bertz CT molecular complexity index is 1150. The fourth-order valence-electron chi connectivity index (χ4n) is 4.50. The zero-order chi connectivity index (χ0) is 22.8. The second kappa shape index (κ2) is 9.07. The van der Waals surface area contributed by atoms with Gasteiger partial charge in [-0.05, 0) is 41.1 Å². The number of para-hydroxylation sites is 1. The van der Waals surface area contributed by atoms with Gasteiger partial charge in [-0.15, -0.1) is 0 Å². The van der Waals surface area contributed by atoms with Gasteiger partial charge in [0, 0.05) is 44.6 Å². The summed E-state index contributed by atoms with van der Waals surface area (Å²) in [6.45, 7) is 3.20. The molecule has 6 nitrogen and oxygen atoms in total. The lowest BCUT2D eigenvalue weighted by Crippen LogP contribution is -2.38. The molecular formula is C26H32N4O2. The van der Waals surface area contributed by atoms with Crippen LogP contribution in [0.15, 0.2) is 48.5 Å². The van der Waals surface area contributed by atoms with Crippen LogP contribution in [-0.4, -0.2) is 46.3 Å². The number of amides is 2. The summed E-state index contributed by atoms with van der Waals surface area (Å²) >= 11 is 0. The number of carbonyl (C=O) groups is 2. The van der Waals surface area contributed by atoms with E-state index in [1.165, 1.54) is 10.9 Å². The van der Waals surface area contributed by atoms with Crippen LogP contribution in [0.3, 0.4) is 0 Å². The molecule has 168 valence electrons. The van der Waals surface area contributed by atoms with Crippen molar-refractivity contribution in [1.29, 1.82) is 0 Å². The van der Waals surface area contributed by atoms with Crippen LogP contribution < -0.4 is 5.32 Å². The van der Waals surface area contributed by atoms with E-state index in [1.54, 1.807) is 9.80 Å². The van der Waals surface area contributed by atoms with Gasteiger partial charge in [0.25, 0.3) is 0 Å². The summed E-state index contributed by atoms with van der Waals surface area (Å²) in [6.07, 6.45) is 2.09. The largest absolute Gasteiger partial charge is 0.373 e. The number of hydrogen-bond donors (Lipinski definition) is 1. The Balaban J connectivity index is 1.47. The fraction of sp³-hybridized carbons (Fsp3) is 0.385. The highest BCUT2D eigenvalue weighted by molar-refractivity contribution is 5.86. The molecule has 6 heteroatoms. The van der Waals surface area contributed by atoms with Gasteiger partial charge < -0.3 is 19.7 Å². The third kappa shape index (κ3) is 4.35. The molecule has 0 spiro atoms. The Hall–Kier alpha value is -3.28. The van der Waals surface area contributed by atoms with Crippen molar-refractivity contribution < 1.29 is 9.59 Å². The van der Waals surface area contributed by atoms with E-state index in [-0.39, 0.29) is 17.9 Å². The van der Waals surface area contributed by atoms with Crippen LogP contribution in [0.2, 0.25) is 0 Å². The molecule has 1 aliphatic rings. The molecule has 0 bridgehead atoms. The number of nitrogens with zero attached hydrogens (tertiary/aromatic N) is 3. The average molecular weight is 433 g/mol. The maximum atomic E-state index is 13.0. The zero-order valence-electron chi connectivity index (χ0n) is 19.4. The van der Waals surface area contributed by atoms with Crippen molar-refractivity contribution in [2.45, 2.75) is 45.3 Å². The summed E-state index contributed by atoms with van der Waals surface area (Å²) in [5, 5.41) is 4.59. The third-order valence-electron chi connectivity index (χ3n) is 6.39. The molecule has 2 heterocycles. The lowest BCUT2D eigenvalue weighted by molar-refractivity contribution is -0.131. The van der Waals surface area contributed by atoms with E-state index in [2.05, 4.69) is 41.1 Å². The van der Waals surface area contributed by atoms with Crippen molar-refractivity contribution in [1.82, 2.24) is 14.4 Å². The first kappa shape index (κ1) is 21.9. The number of aryl methyl sites for hydroxylation is 1. The highest BCUT2D eigenvalue weighted by atomic mass is 16.2. The van der Waals surface area contributed by atoms with Crippen molar-refractivity contribution in [2.24, 2.45) is 7.05 Å². The van der Waals surface area contributed by atoms with Gasteiger partial charge in [-0.1, -0.05) is 43.7 Å². The number of carbonyl (C=O) groups excluding carboxylic acids is 2. The van der Waals surface area contributed by atoms with Gasteiger partial charge in [-0.25, -0.2) is 0 Å². The summed E-state index contributed by atoms with van der Waals surface area (Å²) in [7, 11) is 5.74. The zero-order valence-corrected chi connectivity index (χ0v) is 19.4. The first-order valence-electron chi connectivity index (χ1n) is 11.3. The summed E-state index contributed by atoms with van der Waals surface area (Å²) in [4.78, 5) is 29.1. The van der Waals surface area contributed by atoms with Gasteiger partial charge in [0.1, 0.15) is 6.04 Å². The number of likely N-dealkylation sites (N-methyl/N-ethyl adjacent to an activating group) is 2.